The van der Waals surface area contributed by atoms with Crippen molar-refractivity contribution in [3.05, 3.63) is 40.5 Å². The predicted octanol–water partition coefficient (Wildman–Crippen LogP) is 2.22. The van der Waals surface area contributed by atoms with E-state index < -0.39 is 0 Å². The molecule has 0 bridgehead atoms. The highest BCUT2D eigenvalue weighted by Crippen LogP contribution is 2.19. The van der Waals surface area contributed by atoms with E-state index in [0.717, 1.165) is 0 Å². The Morgan fingerprint density at radius 1 is 1.50 bits per heavy atom. The lowest BCUT2D eigenvalue weighted by atomic mass is 10.2. The lowest BCUT2D eigenvalue weighted by Crippen LogP contribution is -2.14. The summed E-state index contributed by atoms with van der Waals surface area (Å²) in [5, 5.41) is 7.39. The van der Waals surface area contributed by atoms with Gasteiger partial charge in [-0.2, -0.15) is 5.10 Å². The topological polar surface area (TPSA) is 72.9 Å². The summed E-state index contributed by atoms with van der Waals surface area (Å²) < 4.78 is 1.47. The molecule has 0 spiro atoms. The van der Waals surface area contributed by atoms with Gasteiger partial charge in [-0.05, 0) is 25.1 Å². The van der Waals surface area contributed by atoms with Crippen LogP contribution in [-0.2, 0) is 7.05 Å². The zero-order valence-electron chi connectivity index (χ0n) is 10.1. The average molecular weight is 265 g/mol. The minimum absolute atomic E-state index is 0.291. The molecule has 2 rings (SSSR count). The van der Waals surface area contributed by atoms with Gasteiger partial charge in [-0.15, -0.1) is 0 Å². The number of benzene rings is 1. The lowest BCUT2D eigenvalue weighted by molar-refractivity contribution is 0.102. The number of halogens is 1. The van der Waals surface area contributed by atoms with Crippen LogP contribution in [0.3, 0.4) is 0 Å². The number of nitrogens with zero attached hydrogens (tertiary/aromatic N) is 2. The van der Waals surface area contributed by atoms with E-state index in [-0.39, 0.29) is 5.91 Å². The van der Waals surface area contributed by atoms with Crippen LogP contribution in [0.1, 0.15) is 16.1 Å². The molecule has 1 aromatic carbocycles. The van der Waals surface area contributed by atoms with Crippen molar-refractivity contribution in [2.24, 2.45) is 7.05 Å². The minimum Gasteiger partial charge on any atom is -0.383 e. The van der Waals surface area contributed by atoms with E-state index in [9.17, 15) is 4.79 Å². The smallest absolute Gasteiger partial charge is 0.261 e. The summed E-state index contributed by atoms with van der Waals surface area (Å²) in [6, 6.07) is 6.92. The Balaban J connectivity index is 2.27. The number of aryl methyl sites for hydroxylation is 2. The number of rotatable bonds is 2. The Hall–Kier alpha value is -2.01. The fourth-order valence-corrected chi connectivity index (χ4v) is 1.91. The molecule has 0 saturated carbocycles. The van der Waals surface area contributed by atoms with Crippen LogP contribution in [0.5, 0.6) is 0 Å². The van der Waals surface area contributed by atoms with Gasteiger partial charge in [-0.25, -0.2) is 0 Å². The molecule has 18 heavy (non-hydrogen) atoms. The molecule has 5 nitrogen and oxygen atoms in total. The second-order valence-electron chi connectivity index (χ2n) is 3.93. The average Bonchev–Trinajstić information content (AvgIpc) is 2.53. The summed E-state index contributed by atoms with van der Waals surface area (Å²) >= 11 is 5.85. The van der Waals surface area contributed by atoms with Gasteiger partial charge in [0.1, 0.15) is 11.4 Å². The number of aromatic nitrogens is 2. The van der Waals surface area contributed by atoms with Crippen LogP contribution in [0.4, 0.5) is 11.5 Å². The zero-order valence-corrected chi connectivity index (χ0v) is 10.8. The van der Waals surface area contributed by atoms with Crippen molar-refractivity contribution in [1.82, 2.24) is 9.78 Å². The number of hydrogen-bond acceptors (Lipinski definition) is 3. The van der Waals surface area contributed by atoms with Crippen LogP contribution in [0.2, 0.25) is 5.02 Å². The van der Waals surface area contributed by atoms with Crippen molar-refractivity contribution < 1.29 is 4.79 Å². The Labute approximate surface area is 110 Å². The fraction of sp³-hybridized carbons (Fsp3) is 0.167. The standard InChI is InChI=1S/C12H13ClN4O/c1-7-10(11(14)17(2)16-7)12(18)15-9-5-3-4-8(13)6-9/h3-6H,14H2,1-2H3,(H,15,18). The van der Waals surface area contributed by atoms with Crippen molar-refractivity contribution in [2.45, 2.75) is 6.92 Å². The van der Waals surface area contributed by atoms with Gasteiger partial charge >= 0.3 is 0 Å². The second kappa shape index (κ2) is 4.70. The summed E-state index contributed by atoms with van der Waals surface area (Å²) in [6.45, 7) is 1.74. The zero-order chi connectivity index (χ0) is 13.3. The number of nitrogen functional groups attached to an aromatic ring is 1. The van der Waals surface area contributed by atoms with E-state index in [1.807, 2.05) is 0 Å². The first kappa shape index (κ1) is 12.4. The highest BCUT2D eigenvalue weighted by Gasteiger charge is 2.18. The van der Waals surface area contributed by atoms with Gasteiger partial charge in [-0.3, -0.25) is 9.48 Å². The first-order chi connectivity index (χ1) is 8.49. The number of anilines is 2. The van der Waals surface area contributed by atoms with Crippen LogP contribution in [0, 0.1) is 6.92 Å². The largest absolute Gasteiger partial charge is 0.383 e. The van der Waals surface area contributed by atoms with Crippen molar-refractivity contribution in [3.63, 3.8) is 0 Å². The molecule has 6 heteroatoms. The summed E-state index contributed by atoms with van der Waals surface area (Å²) in [5.41, 5.74) is 7.40. The van der Waals surface area contributed by atoms with Gasteiger partial charge in [-0.1, -0.05) is 17.7 Å². The second-order valence-corrected chi connectivity index (χ2v) is 4.37. The molecule has 0 saturated heterocycles. The van der Waals surface area contributed by atoms with Crippen LogP contribution in [0.25, 0.3) is 0 Å². The Morgan fingerprint density at radius 3 is 2.78 bits per heavy atom. The van der Waals surface area contributed by atoms with E-state index in [0.29, 0.717) is 27.8 Å². The molecule has 0 atom stereocenters. The first-order valence-corrected chi connectivity index (χ1v) is 5.73. The van der Waals surface area contributed by atoms with Gasteiger partial charge in [0, 0.05) is 17.8 Å². The van der Waals surface area contributed by atoms with Gasteiger partial charge < -0.3 is 11.1 Å². The van der Waals surface area contributed by atoms with Gasteiger partial charge in [0.15, 0.2) is 0 Å². The highest BCUT2D eigenvalue weighted by molar-refractivity contribution is 6.31. The van der Waals surface area contributed by atoms with E-state index in [4.69, 9.17) is 17.3 Å². The van der Waals surface area contributed by atoms with E-state index in [1.165, 1.54) is 4.68 Å². The van der Waals surface area contributed by atoms with Crippen LogP contribution in [-0.4, -0.2) is 15.7 Å². The van der Waals surface area contributed by atoms with Gasteiger partial charge in [0.25, 0.3) is 5.91 Å². The molecule has 0 aliphatic carbocycles. The quantitative estimate of drug-likeness (QED) is 0.873. The number of carbonyl (C=O) groups excluding carboxylic acids is 1. The van der Waals surface area contributed by atoms with Crippen molar-refractivity contribution in [3.8, 4) is 0 Å². The molecule has 1 amide bonds. The SMILES string of the molecule is Cc1nn(C)c(N)c1C(=O)Nc1cccc(Cl)c1. The van der Waals surface area contributed by atoms with E-state index in [1.54, 1.807) is 38.2 Å². The Bertz CT molecular complexity index is 606. The predicted molar refractivity (Wildman–Crippen MR) is 71.8 cm³/mol. The van der Waals surface area contributed by atoms with Crippen LogP contribution >= 0.6 is 11.6 Å². The molecule has 1 heterocycles. The van der Waals surface area contributed by atoms with Crippen LogP contribution in [0.15, 0.2) is 24.3 Å². The maximum atomic E-state index is 12.1. The van der Waals surface area contributed by atoms with Gasteiger partial charge in [0.2, 0.25) is 0 Å². The fourth-order valence-electron chi connectivity index (χ4n) is 1.72. The molecule has 0 radical (unpaired) electrons. The van der Waals surface area contributed by atoms with Crippen LogP contribution < -0.4 is 11.1 Å². The van der Waals surface area contributed by atoms with Crippen molar-refractivity contribution >= 4 is 29.0 Å². The third-order valence-electron chi connectivity index (χ3n) is 2.58. The van der Waals surface area contributed by atoms with Crippen molar-refractivity contribution in [2.75, 3.05) is 11.1 Å². The van der Waals surface area contributed by atoms with Crippen molar-refractivity contribution in [1.29, 1.82) is 0 Å². The number of amides is 1. The van der Waals surface area contributed by atoms with E-state index in [2.05, 4.69) is 10.4 Å². The number of hydrogen-bond donors (Lipinski definition) is 2. The van der Waals surface area contributed by atoms with E-state index >= 15 is 0 Å². The lowest BCUT2D eigenvalue weighted by Gasteiger charge is -2.05. The molecule has 3 N–H and O–H groups in total. The van der Waals surface area contributed by atoms with Gasteiger partial charge in [0.05, 0.1) is 5.69 Å². The summed E-state index contributed by atoms with van der Waals surface area (Å²) in [6.07, 6.45) is 0. The minimum atomic E-state index is -0.291. The summed E-state index contributed by atoms with van der Waals surface area (Å²) in [7, 11) is 1.69. The molecular formula is C12H13ClN4O. The highest BCUT2D eigenvalue weighted by atomic mass is 35.5. The molecular weight excluding hydrogens is 252 g/mol. The maximum Gasteiger partial charge on any atom is 0.261 e. The summed E-state index contributed by atoms with van der Waals surface area (Å²) in [4.78, 5) is 12.1. The maximum absolute atomic E-state index is 12.1. The molecule has 0 aliphatic heterocycles. The Kier molecular flexibility index (Phi) is 3.25. The molecule has 0 aliphatic rings. The molecule has 94 valence electrons. The summed E-state index contributed by atoms with van der Waals surface area (Å²) in [5.74, 6) is 0.0485. The number of carbonyl (C=O) groups is 1. The molecule has 2 aromatic rings. The number of nitrogens with one attached hydrogen (secondary N) is 1. The molecule has 1 aromatic heterocycles. The third-order valence-corrected chi connectivity index (χ3v) is 2.81. The third kappa shape index (κ3) is 2.31. The normalized spacial score (nSPS) is 10.4. The first-order valence-electron chi connectivity index (χ1n) is 5.35. The molecule has 0 unspecified atom stereocenters. The Morgan fingerprint density at radius 2 is 2.22 bits per heavy atom. The number of nitrogens with two attached hydrogens (primary N) is 1. The monoisotopic (exact) mass is 264 g/mol. The molecule has 0 fully saturated rings.